The highest BCUT2D eigenvalue weighted by Gasteiger charge is 2.21. The number of halogens is 1. The maximum atomic E-state index is 13.1. The van der Waals surface area contributed by atoms with Crippen LogP contribution in [0.5, 0.6) is 0 Å². The normalized spacial score (nSPS) is 17.0. The van der Waals surface area contributed by atoms with Crippen LogP contribution in [-0.4, -0.2) is 45.8 Å². The molecule has 3 rings (SSSR count). The van der Waals surface area contributed by atoms with E-state index in [1.165, 1.54) is 17.1 Å². The molecule has 1 saturated heterocycles. The molecule has 0 radical (unpaired) electrons. The SMILES string of the molecule is CN=C(NCC(OC)c1ccc(F)cc1)NC1CCN(c2cccs2)CC1. The van der Waals surface area contributed by atoms with Gasteiger partial charge in [0.25, 0.3) is 0 Å². The number of nitrogens with one attached hydrogen (secondary N) is 2. The Balaban J connectivity index is 1.47. The Morgan fingerprint density at radius 3 is 2.63 bits per heavy atom. The zero-order valence-corrected chi connectivity index (χ0v) is 16.6. The molecule has 1 unspecified atom stereocenters. The summed E-state index contributed by atoms with van der Waals surface area (Å²) in [5, 5.41) is 10.3. The van der Waals surface area contributed by atoms with Crippen LogP contribution >= 0.6 is 11.3 Å². The van der Waals surface area contributed by atoms with E-state index >= 15 is 0 Å². The molecule has 0 aliphatic carbocycles. The van der Waals surface area contributed by atoms with Crippen LogP contribution in [0.15, 0.2) is 46.8 Å². The molecule has 1 atom stereocenters. The fourth-order valence-corrected chi connectivity index (χ4v) is 4.07. The zero-order chi connectivity index (χ0) is 19.1. The summed E-state index contributed by atoms with van der Waals surface area (Å²) < 4.78 is 18.7. The van der Waals surface area contributed by atoms with Crippen molar-refractivity contribution < 1.29 is 9.13 Å². The van der Waals surface area contributed by atoms with Gasteiger partial charge in [-0.1, -0.05) is 12.1 Å². The van der Waals surface area contributed by atoms with Crippen LogP contribution in [0.25, 0.3) is 0 Å². The Hall–Kier alpha value is -2.12. The predicted molar refractivity (Wildman–Crippen MR) is 110 cm³/mol. The van der Waals surface area contributed by atoms with Crippen molar-refractivity contribution in [3.63, 3.8) is 0 Å². The van der Waals surface area contributed by atoms with Gasteiger partial charge in [-0.3, -0.25) is 4.99 Å². The van der Waals surface area contributed by atoms with Crippen LogP contribution in [-0.2, 0) is 4.74 Å². The molecular formula is C20H27FN4OS. The summed E-state index contributed by atoms with van der Waals surface area (Å²) in [5.41, 5.74) is 0.936. The van der Waals surface area contributed by atoms with Crippen LogP contribution in [0.3, 0.4) is 0 Å². The van der Waals surface area contributed by atoms with E-state index in [2.05, 4.69) is 38.0 Å². The van der Waals surface area contributed by atoms with Crippen molar-refractivity contribution in [3.8, 4) is 0 Å². The fourth-order valence-electron chi connectivity index (χ4n) is 3.29. The summed E-state index contributed by atoms with van der Waals surface area (Å²) in [7, 11) is 3.43. The van der Waals surface area contributed by atoms with Crippen molar-refractivity contribution in [1.29, 1.82) is 0 Å². The highest BCUT2D eigenvalue weighted by molar-refractivity contribution is 7.14. The second-order valence-electron chi connectivity index (χ2n) is 6.59. The number of anilines is 1. The maximum absolute atomic E-state index is 13.1. The highest BCUT2D eigenvalue weighted by atomic mass is 32.1. The molecule has 0 bridgehead atoms. The molecule has 2 N–H and O–H groups in total. The molecule has 5 nitrogen and oxygen atoms in total. The van der Waals surface area contributed by atoms with E-state index < -0.39 is 0 Å². The molecule has 1 aliphatic rings. The van der Waals surface area contributed by atoms with E-state index in [1.807, 2.05) is 0 Å². The van der Waals surface area contributed by atoms with Gasteiger partial charge in [0.1, 0.15) is 5.82 Å². The number of guanidine groups is 1. The number of rotatable bonds is 6. The standard InChI is InChI=1S/C20H27FN4OS/c1-22-20(23-14-18(26-2)15-5-7-16(21)8-6-15)24-17-9-11-25(12-10-17)19-4-3-13-27-19/h3-8,13,17-18H,9-12,14H2,1-2H3,(H2,22,23,24). The summed E-state index contributed by atoms with van der Waals surface area (Å²) in [5.74, 6) is 0.529. The van der Waals surface area contributed by atoms with Crippen molar-refractivity contribution in [2.75, 3.05) is 38.7 Å². The van der Waals surface area contributed by atoms with Crippen molar-refractivity contribution in [2.24, 2.45) is 4.99 Å². The summed E-state index contributed by atoms with van der Waals surface area (Å²) in [6.45, 7) is 2.66. The van der Waals surface area contributed by atoms with E-state index in [4.69, 9.17) is 4.74 Å². The van der Waals surface area contributed by atoms with Gasteiger partial charge in [0, 0.05) is 39.8 Å². The fraction of sp³-hybridized carbons (Fsp3) is 0.450. The monoisotopic (exact) mass is 390 g/mol. The average Bonchev–Trinajstić information content (AvgIpc) is 3.24. The van der Waals surface area contributed by atoms with Gasteiger partial charge >= 0.3 is 0 Å². The molecule has 1 aromatic heterocycles. The third-order valence-electron chi connectivity index (χ3n) is 4.86. The Kier molecular flexibility index (Phi) is 7.06. The van der Waals surface area contributed by atoms with Gasteiger partial charge in [0.2, 0.25) is 0 Å². The van der Waals surface area contributed by atoms with E-state index in [9.17, 15) is 4.39 Å². The number of hydrogen-bond donors (Lipinski definition) is 2. The third kappa shape index (κ3) is 5.43. The van der Waals surface area contributed by atoms with Crippen LogP contribution < -0.4 is 15.5 Å². The van der Waals surface area contributed by atoms with Crippen molar-refractivity contribution in [1.82, 2.24) is 10.6 Å². The zero-order valence-electron chi connectivity index (χ0n) is 15.8. The molecule has 146 valence electrons. The number of thiophene rings is 1. The Labute approximate surface area is 164 Å². The molecule has 1 fully saturated rings. The molecule has 1 aliphatic heterocycles. The first-order valence-electron chi connectivity index (χ1n) is 9.23. The lowest BCUT2D eigenvalue weighted by atomic mass is 10.1. The second kappa shape index (κ2) is 9.71. The van der Waals surface area contributed by atoms with Gasteiger partial charge < -0.3 is 20.3 Å². The van der Waals surface area contributed by atoms with Gasteiger partial charge in [-0.25, -0.2) is 4.39 Å². The first kappa shape index (κ1) is 19.6. The Morgan fingerprint density at radius 2 is 2.04 bits per heavy atom. The van der Waals surface area contributed by atoms with Crippen LogP contribution in [0.1, 0.15) is 24.5 Å². The van der Waals surface area contributed by atoms with Gasteiger partial charge in [-0.2, -0.15) is 0 Å². The van der Waals surface area contributed by atoms with Crippen LogP contribution in [0, 0.1) is 5.82 Å². The second-order valence-corrected chi connectivity index (χ2v) is 7.51. The predicted octanol–water partition coefficient (Wildman–Crippen LogP) is 3.41. The number of ether oxygens (including phenoxy) is 1. The number of aliphatic imine (C=N–C) groups is 1. The lowest BCUT2D eigenvalue weighted by Gasteiger charge is -2.33. The summed E-state index contributed by atoms with van der Waals surface area (Å²) in [4.78, 5) is 6.77. The molecule has 2 heterocycles. The number of benzene rings is 1. The summed E-state index contributed by atoms with van der Waals surface area (Å²) in [6, 6.07) is 11.1. The van der Waals surface area contributed by atoms with Crippen LogP contribution in [0.4, 0.5) is 9.39 Å². The van der Waals surface area contributed by atoms with Gasteiger partial charge in [0.15, 0.2) is 5.96 Å². The number of hydrogen-bond acceptors (Lipinski definition) is 4. The van der Waals surface area contributed by atoms with Gasteiger partial charge in [-0.05, 0) is 48.1 Å². The lowest BCUT2D eigenvalue weighted by molar-refractivity contribution is 0.106. The molecule has 0 spiro atoms. The molecule has 1 aromatic carbocycles. The molecule has 0 saturated carbocycles. The molecule has 7 heteroatoms. The Bertz CT molecular complexity index is 712. The molecule has 0 amide bonds. The van der Waals surface area contributed by atoms with Gasteiger partial charge in [0.05, 0.1) is 11.1 Å². The summed E-state index contributed by atoms with van der Waals surface area (Å²) >= 11 is 1.79. The van der Waals surface area contributed by atoms with Crippen LogP contribution in [0.2, 0.25) is 0 Å². The minimum Gasteiger partial charge on any atom is -0.375 e. The van der Waals surface area contributed by atoms with E-state index in [0.29, 0.717) is 12.6 Å². The quantitative estimate of drug-likeness (QED) is 0.586. The molecular weight excluding hydrogens is 363 g/mol. The van der Waals surface area contributed by atoms with Crippen molar-refractivity contribution >= 4 is 22.3 Å². The lowest BCUT2D eigenvalue weighted by Crippen LogP contribution is -2.49. The third-order valence-corrected chi connectivity index (χ3v) is 5.79. The van der Waals surface area contributed by atoms with Crippen molar-refractivity contribution in [2.45, 2.75) is 25.0 Å². The average molecular weight is 391 g/mol. The Morgan fingerprint density at radius 1 is 1.30 bits per heavy atom. The molecule has 2 aromatic rings. The highest BCUT2D eigenvalue weighted by Crippen LogP contribution is 2.24. The minimum absolute atomic E-state index is 0.162. The van der Waals surface area contributed by atoms with E-state index in [-0.39, 0.29) is 11.9 Å². The number of nitrogens with zero attached hydrogens (tertiary/aromatic N) is 2. The number of methoxy groups -OCH3 is 1. The topological polar surface area (TPSA) is 48.9 Å². The van der Waals surface area contributed by atoms with E-state index in [0.717, 1.165) is 37.5 Å². The maximum Gasteiger partial charge on any atom is 0.191 e. The molecule has 27 heavy (non-hydrogen) atoms. The largest absolute Gasteiger partial charge is 0.375 e. The first-order valence-corrected chi connectivity index (χ1v) is 10.1. The number of piperidine rings is 1. The first-order chi connectivity index (χ1) is 13.2. The minimum atomic E-state index is -0.243. The van der Waals surface area contributed by atoms with Crippen molar-refractivity contribution in [3.05, 3.63) is 53.2 Å². The smallest absolute Gasteiger partial charge is 0.191 e. The van der Waals surface area contributed by atoms with Gasteiger partial charge in [-0.15, -0.1) is 11.3 Å². The summed E-state index contributed by atoms with van der Waals surface area (Å²) in [6.07, 6.45) is 1.99. The van der Waals surface area contributed by atoms with E-state index in [1.54, 1.807) is 37.6 Å².